The monoisotopic (exact) mass is 946 g/mol. The van der Waals surface area contributed by atoms with E-state index in [0.29, 0.717) is 22.4 Å². The van der Waals surface area contributed by atoms with Crippen molar-refractivity contribution in [3.8, 4) is 0 Å². The lowest BCUT2D eigenvalue weighted by molar-refractivity contribution is -0.121. The molecule has 0 spiro atoms. The molecule has 0 aliphatic heterocycles. The van der Waals surface area contributed by atoms with Crippen LogP contribution in [-0.2, 0) is 22.3 Å². The van der Waals surface area contributed by atoms with E-state index >= 15 is 0 Å². The third-order valence-electron chi connectivity index (χ3n) is 13.1. The Labute approximate surface area is 418 Å². The maximum absolute atomic E-state index is 13.1. The van der Waals surface area contributed by atoms with Gasteiger partial charge in [0, 0.05) is 16.6 Å². The molecular weight excluding hydrogens is 896 g/mol. The molecule has 0 saturated heterocycles. The molecule has 3 aromatic heterocycles. The van der Waals surface area contributed by atoms with Crippen LogP contribution in [0.1, 0.15) is 57.6 Å². The predicted molar refractivity (Wildman–Crippen MR) is 287 cm³/mol. The van der Waals surface area contributed by atoms with Crippen LogP contribution in [0.4, 0.5) is 11.6 Å². The standard InChI is InChI=1S/C35H31N5O.C26H20ClN3/c1-25(26-14-6-2-7-15-26)38-33(41)23-30-22-32-31(24-37-30)34(36)39-40(32)35(27-16-8-3-9-17-27,28-18-10-4-11-19-28)29-20-12-5-13-21-29;27-22-16-17-23-24(18-22)30(29-25(23)28)26(19-10-4-1-5-11-19,20-12-6-2-7-13-20)21-14-8-3-9-15-21/h2-22,24-25H,23H2,1H3,(H2,36,39)(H,38,41);1-18H,(H2,28,29)/t25-;/m1./s1. The molecule has 10 heteroatoms. The molecule has 0 aliphatic rings. The van der Waals surface area contributed by atoms with Crippen LogP contribution in [0.5, 0.6) is 0 Å². The van der Waals surface area contributed by atoms with E-state index in [4.69, 9.17) is 33.3 Å². The van der Waals surface area contributed by atoms with Crippen molar-refractivity contribution < 1.29 is 4.79 Å². The minimum absolute atomic E-state index is 0.104. The Balaban J connectivity index is 0.000000172. The van der Waals surface area contributed by atoms with Crippen LogP contribution < -0.4 is 16.8 Å². The molecule has 1 atom stereocenters. The molecule has 3 heterocycles. The lowest BCUT2D eigenvalue weighted by atomic mass is 9.77. The highest BCUT2D eigenvalue weighted by atomic mass is 35.5. The molecule has 11 rings (SSSR count). The van der Waals surface area contributed by atoms with Crippen molar-refractivity contribution >= 4 is 50.9 Å². The minimum Gasteiger partial charge on any atom is -0.382 e. The number of rotatable bonds is 12. The van der Waals surface area contributed by atoms with Gasteiger partial charge in [-0.3, -0.25) is 9.78 Å². The van der Waals surface area contributed by atoms with E-state index in [0.717, 1.165) is 60.8 Å². The Bertz CT molecular complexity index is 3340. The number of nitrogen functional groups attached to an aromatic ring is 2. The average molecular weight is 948 g/mol. The van der Waals surface area contributed by atoms with E-state index in [1.165, 1.54) is 0 Å². The van der Waals surface area contributed by atoms with E-state index in [9.17, 15) is 4.79 Å². The summed E-state index contributed by atoms with van der Waals surface area (Å²) in [6.45, 7) is 1.98. The molecule has 9 nitrogen and oxygen atoms in total. The predicted octanol–water partition coefficient (Wildman–Crippen LogP) is 12.4. The van der Waals surface area contributed by atoms with Crippen LogP contribution in [-0.4, -0.2) is 30.5 Å². The summed E-state index contributed by atoms with van der Waals surface area (Å²) in [5, 5.41) is 15.2. The highest BCUT2D eigenvalue weighted by Gasteiger charge is 2.42. The molecule has 0 unspecified atom stereocenters. The zero-order chi connectivity index (χ0) is 48.8. The van der Waals surface area contributed by atoms with Gasteiger partial charge in [0.15, 0.2) is 11.6 Å². The molecule has 5 N–H and O–H groups in total. The number of nitrogens with one attached hydrogen (secondary N) is 1. The molecule has 1 amide bonds. The number of benzene rings is 8. The van der Waals surface area contributed by atoms with Crippen LogP contribution in [0.3, 0.4) is 0 Å². The topological polar surface area (TPSA) is 130 Å². The number of carbonyl (C=O) groups is 1. The molecule has 0 saturated carbocycles. The van der Waals surface area contributed by atoms with Crippen molar-refractivity contribution in [1.82, 2.24) is 29.9 Å². The van der Waals surface area contributed by atoms with Crippen LogP contribution >= 0.6 is 11.6 Å². The van der Waals surface area contributed by atoms with Gasteiger partial charge < -0.3 is 16.8 Å². The number of carbonyl (C=O) groups excluding carboxylic acids is 1. The summed E-state index contributed by atoms with van der Waals surface area (Å²) in [5.74, 6) is 0.759. The molecule has 71 heavy (non-hydrogen) atoms. The van der Waals surface area contributed by atoms with Crippen molar-refractivity contribution in [2.24, 2.45) is 0 Å². The van der Waals surface area contributed by atoms with Gasteiger partial charge >= 0.3 is 0 Å². The van der Waals surface area contributed by atoms with Crippen molar-refractivity contribution in [1.29, 1.82) is 0 Å². The van der Waals surface area contributed by atoms with Crippen LogP contribution in [0, 0.1) is 0 Å². The van der Waals surface area contributed by atoms with Crippen molar-refractivity contribution in [2.45, 2.75) is 30.5 Å². The first kappa shape index (κ1) is 46.0. The summed E-state index contributed by atoms with van der Waals surface area (Å²) in [7, 11) is 0. The van der Waals surface area contributed by atoms with E-state index in [1.807, 2.05) is 144 Å². The Morgan fingerprint density at radius 1 is 0.507 bits per heavy atom. The normalized spacial score (nSPS) is 12.0. The SMILES string of the molecule is C[C@@H](NC(=O)Cc1cc2c(cn1)c(N)nn2C(c1ccccc1)(c1ccccc1)c1ccccc1)c1ccccc1.Nc1nn(C(c2ccccc2)(c2ccccc2)c2ccccc2)c2cc(Cl)ccc12. The van der Waals surface area contributed by atoms with Gasteiger partial charge in [-0.1, -0.05) is 224 Å². The van der Waals surface area contributed by atoms with Gasteiger partial charge in [-0.15, -0.1) is 0 Å². The molecule has 0 radical (unpaired) electrons. The number of anilines is 2. The van der Waals surface area contributed by atoms with Gasteiger partial charge in [0.2, 0.25) is 5.91 Å². The van der Waals surface area contributed by atoms with Crippen molar-refractivity contribution in [3.05, 3.63) is 292 Å². The number of fused-ring (bicyclic) bond motifs is 2. The fraction of sp³-hybridized carbons (Fsp3) is 0.0820. The van der Waals surface area contributed by atoms with Crippen LogP contribution in [0.2, 0.25) is 5.02 Å². The summed E-state index contributed by atoms with van der Waals surface area (Å²) in [4.78, 5) is 17.7. The molecule has 0 aliphatic carbocycles. The smallest absolute Gasteiger partial charge is 0.226 e. The molecule has 0 bridgehead atoms. The lowest BCUT2D eigenvalue weighted by Gasteiger charge is -2.37. The van der Waals surface area contributed by atoms with Crippen molar-refractivity contribution in [2.75, 3.05) is 11.5 Å². The number of nitrogens with zero attached hydrogens (tertiary/aromatic N) is 5. The molecule has 11 aromatic rings. The Hall–Kier alpha value is -8.79. The number of hydrogen-bond donors (Lipinski definition) is 3. The average Bonchev–Trinajstić information content (AvgIpc) is 3.93. The molecular formula is C61H51ClN8O. The summed E-state index contributed by atoms with van der Waals surface area (Å²) < 4.78 is 4.01. The van der Waals surface area contributed by atoms with E-state index in [1.54, 1.807) is 6.20 Å². The minimum atomic E-state index is -0.831. The zero-order valence-corrected chi connectivity index (χ0v) is 39.8. The van der Waals surface area contributed by atoms with Gasteiger partial charge in [-0.05, 0) is 70.1 Å². The molecule has 348 valence electrons. The summed E-state index contributed by atoms with van der Waals surface area (Å²) in [6.07, 6.45) is 1.86. The van der Waals surface area contributed by atoms with Gasteiger partial charge in [0.25, 0.3) is 0 Å². The third kappa shape index (κ3) is 8.68. The second-order valence-corrected chi connectivity index (χ2v) is 17.9. The summed E-state index contributed by atoms with van der Waals surface area (Å²) in [5.41, 5.74) is 21.1. The number of hydrogen-bond acceptors (Lipinski definition) is 6. The third-order valence-corrected chi connectivity index (χ3v) is 13.4. The van der Waals surface area contributed by atoms with E-state index in [2.05, 4.69) is 119 Å². The van der Waals surface area contributed by atoms with Gasteiger partial charge in [-0.25, -0.2) is 9.36 Å². The number of nitrogens with two attached hydrogens (primary N) is 2. The first-order valence-electron chi connectivity index (χ1n) is 23.5. The quantitative estimate of drug-likeness (QED) is 0.105. The second-order valence-electron chi connectivity index (χ2n) is 17.4. The summed E-state index contributed by atoms with van der Waals surface area (Å²) >= 11 is 6.41. The highest BCUT2D eigenvalue weighted by molar-refractivity contribution is 6.31. The zero-order valence-electron chi connectivity index (χ0n) is 39.1. The van der Waals surface area contributed by atoms with Crippen LogP contribution in [0.25, 0.3) is 21.8 Å². The number of amides is 1. The number of halogens is 1. The molecule has 8 aromatic carbocycles. The Morgan fingerprint density at radius 2 is 0.859 bits per heavy atom. The first-order valence-corrected chi connectivity index (χ1v) is 23.9. The maximum Gasteiger partial charge on any atom is 0.226 e. The van der Waals surface area contributed by atoms with Gasteiger partial charge in [-0.2, -0.15) is 10.2 Å². The summed E-state index contributed by atoms with van der Waals surface area (Å²) in [6, 6.07) is 79.6. The maximum atomic E-state index is 13.1. The first-order chi connectivity index (χ1) is 34.8. The van der Waals surface area contributed by atoms with E-state index < -0.39 is 11.1 Å². The van der Waals surface area contributed by atoms with Gasteiger partial charge in [0.05, 0.1) is 34.6 Å². The Morgan fingerprint density at radius 3 is 1.25 bits per heavy atom. The molecule has 0 fully saturated rings. The fourth-order valence-electron chi connectivity index (χ4n) is 9.89. The second kappa shape index (κ2) is 20.0. The highest BCUT2D eigenvalue weighted by Crippen LogP contribution is 2.45. The van der Waals surface area contributed by atoms with E-state index in [-0.39, 0.29) is 18.4 Å². The lowest BCUT2D eigenvalue weighted by Crippen LogP contribution is -2.38. The Kier molecular flexibility index (Phi) is 13.0. The number of aromatic nitrogens is 5. The van der Waals surface area contributed by atoms with Crippen LogP contribution in [0.15, 0.2) is 243 Å². The fourth-order valence-corrected chi connectivity index (χ4v) is 10.1. The van der Waals surface area contributed by atoms with Crippen molar-refractivity contribution in [3.63, 3.8) is 0 Å². The van der Waals surface area contributed by atoms with Gasteiger partial charge in [0.1, 0.15) is 11.1 Å². The largest absolute Gasteiger partial charge is 0.382 e. The number of pyridine rings is 1.